The van der Waals surface area contributed by atoms with E-state index < -0.39 is 0 Å². The normalized spacial score (nSPS) is 20.6. The molecular formula is C19H25N3O3. The highest BCUT2D eigenvalue weighted by atomic mass is 16.3. The minimum Gasteiger partial charge on any atom is -0.465 e. The quantitative estimate of drug-likeness (QED) is 0.898. The lowest BCUT2D eigenvalue weighted by atomic mass is 9.92. The number of nitrogens with one attached hydrogen (secondary N) is 1. The molecule has 1 atom stereocenters. The Balaban J connectivity index is 1.55. The van der Waals surface area contributed by atoms with Crippen LogP contribution >= 0.6 is 0 Å². The van der Waals surface area contributed by atoms with E-state index in [1.165, 1.54) is 0 Å². The van der Waals surface area contributed by atoms with E-state index >= 15 is 0 Å². The van der Waals surface area contributed by atoms with Gasteiger partial charge in [0.25, 0.3) is 5.91 Å². The average Bonchev–Trinajstić information content (AvgIpc) is 3.25. The van der Waals surface area contributed by atoms with Crippen molar-refractivity contribution in [1.29, 1.82) is 0 Å². The highest BCUT2D eigenvalue weighted by Crippen LogP contribution is 2.32. The maximum Gasteiger partial charge on any atom is 0.257 e. The molecule has 2 N–H and O–H groups in total. The molecule has 3 heterocycles. The lowest BCUT2D eigenvalue weighted by molar-refractivity contribution is 0.0703. The number of aromatic amines is 1. The molecule has 0 saturated carbocycles. The van der Waals surface area contributed by atoms with Crippen molar-refractivity contribution >= 4 is 5.91 Å². The van der Waals surface area contributed by atoms with Crippen LogP contribution in [0.3, 0.4) is 0 Å². The van der Waals surface area contributed by atoms with Crippen molar-refractivity contribution in [1.82, 2.24) is 15.1 Å². The number of amides is 1. The topological polar surface area (TPSA) is 82.4 Å². The van der Waals surface area contributed by atoms with Crippen molar-refractivity contribution in [2.24, 2.45) is 0 Å². The Morgan fingerprint density at radius 2 is 2.24 bits per heavy atom. The van der Waals surface area contributed by atoms with Gasteiger partial charge >= 0.3 is 0 Å². The van der Waals surface area contributed by atoms with Crippen LogP contribution in [0.15, 0.2) is 10.5 Å². The molecule has 1 aliphatic carbocycles. The Hall–Kier alpha value is -2.08. The number of nitrogens with zero attached hydrogens (tertiary/aromatic N) is 2. The smallest absolute Gasteiger partial charge is 0.257 e. The number of aliphatic hydroxyl groups excluding tert-OH is 1. The summed E-state index contributed by atoms with van der Waals surface area (Å²) in [5.74, 6) is 2.10. The number of hydrogen-bond donors (Lipinski definition) is 2. The summed E-state index contributed by atoms with van der Waals surface area (Å²) in [6, 6.07) is 1.91. The molecule has 4 rings (SSSR count). The summed E-state index contributed by atoms with van der Waals surface area (Å²) in [4.78, 5) is 15.1. The lowest BCUT2D eigenvalue weighted by Crippen LogP contribution is -2.39. The second-order valence-corrected chi connectivity index (χ2v) is 7.21. The fraction of sp³-hybridized carbons (Fsp3) is 0.579. The SMILES string of the molecule is Cc1oc2c(c1C(=O)N1CCCC(c3cc(CO)[nH]n3)C1)CCCC2. The maximum absolute atomic E-state index is 13.2. The summed E-state index contributed by atoms with van der Waals surface area (Å²) in [7, 11) is 0. The van der Waals surface area contributed by atoms with E-state index in [9.17, 15) is 9.90 Å². The van der Waals surface area contributed by atoms with Gasteiger partial charge in [-0.1, -0.05) is 0 Å². The van der Waals surface area contributed by atoms with Crippen molar-refractivity contribution in [3.63, 3.8) is 0 Å². The first-order valence-corrected chi connectivity index (χ1v) is 9.23. The number of likely N-dealkylation sites (tertiary alicyclic amines) is 1. The van der Waals surface area contributed by atoms with Gasteiger partial charge in [0.15, 0.2) is 0 Å². The fourth-order valence-electron chi connectivity index (χ4n) is 4.21. The van der Waals surface area contributed by atoms with Gasteiger partial charge in [0.2, 0.25) is 0 Å². The van der Waals surface area contributed by atoms with Crippen LogP contribution in [0, 0.1) is 6.92 Å². The first-order chi connectivity index (χ1) is 12.2. The molecule has 25 heavy (non-hydrogen) atoms. The van der Waals surface area contributed by atoms with Gasteiger partial charge in [-0.15, -0.1) is 0 Å². The number of piperidine rings is 1. The number of aryl methyl sites for hydroxylation is 2. The monoisotopic (exact) mass is 343 g/mol. The molecule has 1 fully saturated rings. The van der Waals surface area contributed by atoms with E-state index in [1.54, 1.807) is 0 Å². The van der Waals surface area contributed by atoms with Gasteiger partial charge < -0.3 is 14.4 Å². The number of hydrogen-bond acceptors (Lipinski definition) is 4. The van der Waals surface area contributed by atoms with Gasteiger partial charge in [0.05, 0.1) is 23.6 Å². The second-order valence-electron chi connectivity index (χ2n) is 7.21. The molecule has 1 unspecified atom stereocenters. The summed E-state index contributed by atoms with van der Waals surface area (Å²) >= 11 is 0. The van der Waals surface area contributed by atoms with Crippen LogP contribution < -0.4 is 0 Å². The molecule has 0 radical (unpaired) electrons. The zero-order valence-electron chi connectivity index (χ0n) is 14.7. The van der Waals surface area contributed by atoms with Crippen LogP contribution in [-0.4, -0.2) is 39.2 Å². The van der Waals surface area contributed by atoms with E-state index in [2.05, 4.69) is 10.2 Å². The second kappa shape index (κ2) is 6.67. The van der Waals surface area contributed by atoms with Gasteiger partial charge in [0.1, 0.15) is 11.5 Å². The average molecular weight is 343 g/mol. The molecule has 6 heteroatoms. The van der Waals surface area contributed by atoms with Gasteiger partial charge in [0, 0.05) is 31.0 Å². The van der Waals surface area contributed by atoms with Crippen molar-refractivity contribution in [3.05, 3.63) is 40.1 Å². The Morgan fingerprint density at radius 3 is 3.04 bits per heavy atom. The van der Waals surface area contributed by atoms with Crippen molar-refractivity contribution in [2.75, 3.05) is 13.1 Å². The van der Waals surface area contributed by atoms with E-state index in [1.807, 2.05) is 17.9 Å². The van der Waals surface area contributed by atoms with Gasteiger partial charge in [-0.05, 0) is 45.1 Å². The summed E-state index contributed by atoms with van der Waals surface area (Å²) < 4.78 is 5.89. The standard InChI is InChI=1S/C19H25N3O3/c1-12-18(15-6-2-3-7-17(15)25-12)19(24)22-8-4-5-13(10-22)16-9-14(11-23)20-21-16/h9,13,23H,2-8,10-11H2,1H3,(H,20,21). The molecule has 1 aliphatic heterocycles. The third-order valence-electron chi connectivity index (χ3n) is 5.51. The number of carbonyl (C=O) groups is 1. The fourth-order valence-corrected chi connectivity index (χ4v) is 4.21. The zero-order chi connectivity index (χ0) is 17.4. The summed E-state index contributed by atoms with van der Waals surface area (Å²) in [5.41, 5.74) is 3.59. The number of fused-ring (bicyclic) bond motifs is 1. The Kier molecular flexibility index (Phi) is 4.37. The van der Waals surface area contributed by atoms with Crippen LogP contribution in [-0.2, 0) is 19.4 Å². The van der Waals surface area contributed by atoms with Crippen LogP contribution in [0.5, 0.6) is 0 Å². The molecule has 0 aromatic carbocycles. The van der Waals surface area contributed by atoms with Crippen LogP contribution in [0.25, 0.3) is 0 Å². The largest absolute Gasteiger partial charge is 0.465 e. The molecule has 1 saturated heterocycles. The predicted molar refractivity (Wildman–Crippen MR) is 92.5 cm³/mol. The molecule has 2 aliphatic rings. The summed E-state index contributed by atoms with van der Waals surface area (Å²) in [6.07, 6.45) is 6.16. The molecular weight excluding hydrogens is 318 g/mol. The Labute approximate surface area is 147 Å². The van der Waals surface area contributed by atoms with Gasteiger partial charge in [-0.25, -0.2) is 0 Å². The highest BCUT2D eigenvalue weighted by Gasteiger charge is 2.32. The summed E-state index contributed by atoms with van der Waals surface area (Å²) in [6.45, 7) is 3.33. The molecule has 0 bridgehead atoms. The van der Waals surface area contributed by atoms with Crippen LogP contribution in [0.4, 0.5) is 0 Å². The third-order valence-corrected chi connectivity index (χ3v) is 5.51. The molecule has 6 nitrogen and oxygen atoms in total. The van der Waals surface area contributed by atoms with Crippen molar-refractivity contribution in [2.45, 2.75) is 58.0 Å². The van der Waals surface area contributed by atoms with E-state index in [-0.39, 0.29) is 18.4 Å². The maximum atomic E-state index is 13.2. The third kappa shape index (κ3) is 2.99. The molecule has 2 aromatic heterocycles. The zero-order valence-corrected chi connectivity index (χ0v) is 14.7. The van der Waals surface area contributed by atoms with Crippen molar-refractivity contribution in [3.8, 4) is 0 Å². The van der Waals surface area contributed by atoms with Crippen LogP contribution in [0.1, 0.15) is 70.4 Å². The summed E-state index contributed by atoms with van der Waals surface area (Å²) in [5, 5.41) is 16.4. The highest BCUT2D eigenvalue weighted by molar-refractivity contribution is 5.97. The molecule has 134 valence electrons. The molecule has 1 amide bonds. The Morgan fingerprint density at radius 1 is 1.40 bits per heavy atom. The molecule has 0 spiro atoms. The first kappa shape index (κ1) is 16.4. The molecule has 2 aromatic rings. The number of aliphatic hydroxyl groups is 1. The number of furan rings is 1. The number of carbonyl (C=O) groups excluding carboxylic acids is 1. The lowest BCUT2D eigenvalue weighted by Gasteiger charge is -2.32. The van der Waals surface area contributed by atoms with E-state index in [4.69, 9.17) is 4.42 Å². The number of H-pyrrole nitrogens is 1. The van der Waals surface area contributed by atoms with Crippen LogP contribution in [0.2, 0.25) is 0 Å². The Bertz CT molecular complexity index is 777. The number of rotatable bonds is 3. The van der Waals surface area contributed by atoms with Gasteiger partial charge in [-0.2, -0.15) is 5.10 Å². The first-order valence-electron chi connectivity index (χ1n) is 9.23. The number of aromatic nitrogens is 2. The van der Waals surface area contributed by atoms with E-state index in [0.717, 1.165) is 79.1 Å². The minimum absolute atomic E-state index is 0.0390. The van der Waals surface area contributed by atoms with Gasteiger partial charge in [-0.3, -0.25) is 9.89 Å². The van der Waals surface area contributed by atoms with Crippen molar-refractivity contribution < 1.29 is 14.3 Å². The minimum atomic E-state index is -0.0390. The predicted octanol–water partition coefficient (Wildman–Crippen LogP) is 2.70. The van der Waals surface area contributed by atoms with E-state index in [0.29, 0.717) is 6.54 Å².